The molecular formula is C18H14Cl2F2N2O2. The Balaban J connectivity index is 1.64. The SMILES string of the molecule is O=C(NCc1ccc(F)cc1Cl)[C@@H]1CC(=O)N(c2ccc(F)c(Cl)c2)C1. The first-order chi connectivity index (χ1) is 12.3. The Bertz CT molecular complexity index is 876. The molecule has 4 nitrogen and oxygen atoms in total. The number of amides is 2. The van der Waals surface area contributed by atoms with E-state index in [4.69, 9.17) is 23.2 Å². The summed E-state index contributed by atoms with van der Waals surface area (Å²) >= 11 is 11.7. The Morgan fingerprint density at radius 1 is 1.15 bits per heavy atom. The lowest BCUT2D eigenvalue weighted by Gasteiger charge is -2.17. The van der Waals surface area contributed by atoms with E-state index >= 15 is 0 Å². The third kappa shape index (κ3) is 3.97. The van der Waals surface area contributed by atoms with E-state index < -0.39 is 17.6 Å². The molecule has 8 heteroatoms. The molecule has 1 aliphatic heterocycles. The molecule has 0 saturated carbocycles. The average molecular weight is 399 g/mol. The number of nitrogens with zero attached hydrogens (tertiary/aromatic N) is 1. The zero-order valence-electron chi connectivity index (χ0n) is 13.4. The first-order valence-corrected chi connectivity index (χ1v) is 8.58. The van der Waals surface area contributed by atoms with Gasteiger partial charge in [0.2, 0.25) is 11.8 Å². The Labute approximate surface area is 158 Å². The minimum atomic E-state index is -0.576. The molecule has 2 aromatic carbocycles. The number of nitrogens with one attached hydrogen (secondary N) is 1. The van der Waals surface area contributed by atoms with Crippen molar-refractivity contribution in [2.45, 2.75) is 13.0 Å². The smallest absolute Gasteiger partial charge is 0.227 e. The van der Waals surface area contributed by atoms with Gasteiger partial charge in [0, 0.05) is 30.2 Å². The van der Waals surface area contributed by atoms with E-state index in [0.29, 0.717) is 11.3 Å². The van der Waals surface area contributed by atoms with Crippen molar-refractivity contribution in [3.63, 3.8) is 0 Å². The van der Waals surface area contributed by atoms with Crippen LogP contribution in [-0.4, -0.2) is 18.4 Å². The third-order valence-corrected chi connectivity index (χ3v) is 4.82. The van der Waals surface area contributed by atoms with Crippen molar-refractivity contribution in [2.75, 3.05) is 11.4 Å². The van der Waals surface area contributed by atoms with Crippen molar-refractivity contribution in [2.24, 2.45) is 5.92 Å². The zero-order chi connectivity index (χ0) is 18.8. The maximum Gasteiger partial charge on any atom is 0.227 e. The highest BCUT2D eigenvalue weighted by atomic mass is 35.5. The monoisotopic (exact) mass is 398 g/mol. The van der Waals surface area contributed by atoms with Gasteiger partial charge in [-0.2, -0.15) is 0 Å². The maximum atomic E-state index is 13.3. The van der Waals surface area contributed by atoms with Crippen LogP contribution in [0.2, 0.25) is 10.0 Å². The van der Waals surface area contributed by atoms with Gasteiger partial charge in [-0.1, -0.05) is 29.3 Å². The largest absolute Gasteiger partial charge is 0.352 e. The molecule has 0 radical (unpaired) electrons. The number of halogens is 4. The third-order valence-electron chi connectivity index (χ3n) is 4.18. The maximum absolute atomic E-state index is 13.3. The summed E-state index contributed by atoms with van der Waals surface area (Å²) in [5.74, 6) is -2.14. The number of carbonyl (C=O) groups is 2. The van der Waals surface area contributed by atoms with Crippen molar-refractivity contribution in [3.05, 3.63) is 63.6 Å². The van der Waals surface area contributed by atoms with Gasteiger partial charge in [0.15, 0.2) is 0 Å². The fourth-order valence-corrected chi connectivity index (χ4v) is 3.19. The Kier molecular flexibility index (Phi) is 5.44. The van der Waals surface area contributed by atoms with E-state index in [0.717, 1.165) is 0 Å². The van der Waals surface area contributed by atoms with Crippen LogP contribution < -0.4 is 10.2 Å². The van der Waals surface area contributed by atoms with Crippen LogP contribution in [0.25, 0.3) is 0 Å². The molecule has 1 heterocycles. The predicted octanol–water partition coefficient (Wildman–Crippen LogP) is 3.94. The second-order valence-electron chi connectivity index (χ2n) is 5.96. The van der Waals surface area contributed by atoms with Gasteiger partial charge >= 0.3 is 0 Å². The van der Waals surface area contributed by atoms with E-state index in [1.165, 1.54) is 41.3 Å². The zero-order valence-corrected chi connectivity index (χ0v) is 15.0. The molecule has 1 atom stereocenters. The summed E-state index contributed by atoms with van der Waals surface area (Å²) in [6.07, 6.45) is 0.0397. The Morgan fingerprint density at radius 3 is 2.62 bits per heavy atom. The fraction of sp³-hybridized carbons (Fsp3) is 0.222. The van der Waals surface area contributed by atoms with E-state index in [9.17, 15) is 18.4 Å². The molecule has 0 bridgehead atoms. The van der Waals surface area contributed by atoms with E-state index in [2.05, 4.69) is 5.32 Å². The van der Waals surface area contributed by atoms with Crippen LogP contribution in [-0.2, 0) is 16.1 Å². The molecule has 3 rings (SSSR count). The molecule has 0 unspecified atom stereocenters. The minimum absolute atomic E-state index is 0.0397. The molecule has 2 aromatic rings. The molecule has 2 amide bonds. The number of carbonyl (C=O) groups excluding carboxylic acids is 2. The molecule has 1 saturated heterocycles. The van der Waals surface area contributed by atoms with E-state index in [-0.39, 0.29) is 41.4 Å². The van der Waals surface area contributed by atoms with Crippen LogP contribution >= 0.6 is 23.2 Å². The summed E-state index contributed by atoms with van der Waals surface area (Å²) in [6.45, 7) is 0.300. The van der Waals surface area contributed by atoms with Crippen molar-refractivity contribution in [1.29, 1.82) is 0 Å². The van der Waals surface area contributed by atoms with Gasteiger partial charge in [0.05, 0.1) is 10.9 Å². The quantitative estimate of drug-likeness (QED) is 0.847. The van der Waals surface area contributed by atoms with Gasteiger partial charge in [-0.25, -0.2) is 8.78 Å². The lowest BCUT2D eigenvalue weighted by atomic mass is 10.1. The summed E-state index contributed by atoms with van der Waals surface area (Å²) < 4.78 is 26.3. The second kappa shape index (κ2) is 7.60. The molecule has 26 heavy (non-hydrogen) atoms. The summed E-state index contributed by atoms with van der Waals surface area (Å²) in [6, 6.07) is 7.89. The Morgan fingerprint density at radius 2 is 1.92 bits per heavy atom. The van der Waals surface area contributed by atoms with E-state index in [1.807, 2.05) is 0 Å². The summed E-state index contributed by atoms with van der Waals surface area (Å²) in [7, 11) is 0. The highest BCUT2D eigenvalue weighted by molar-refractivity contribution is 6.31. The minimum Gasteiger partial charge on any atom is -0.352 e. The van der Waals surface area contributed by atoms with Crippen LogP contribution in [0.15, 0.2) is 36.4 Å². The average Bonchev–Trinajstić information content (AvgIpc) is 2.98. The van der Waals surface area contributed by atoms with Crippen LogP contribution in [0.3, 0.4) is 0 Å². The van der Waals surface area contributed by atoms with Crippen molar-refractivity contribution < 1.29 is 18.4 Å². The molecule has 0 spiro atoms. The van der Waals surface area contributed by atoms with Gasteiger partial charge in [-0.15, -0.1) is 0 Å². The van der Waals surface area contributed by atoms with Crippen LogP contribution in [0.4, 0.5) is 14.5 Å². The standard InChI is InChI=1S/C18H14Cl2F2N2O2/c19-14-6-12(21)2-1-10(14)8-23-18(26)11-5-17(25)24(9-11)13-3-4-16(22)15(20)7-13/h1-4,6-7,11H,5,8-9H2,(H,23,26)/t11-/m1/s1. The number of hydrogen-bond acceptors (Lipinski definition) is 2. The molecular weight excluding hydrogens is 385 g/mol. The number of benzene rings is 2. The first-order valence-electron chi connectivity index (χ1n) is 7.82. The van der Waals surface area contributed by atoms with Gasteiger partial charge in [0.25, 0.3) is 0 Å². The normalized spacial score (nSPS) is 16.8. The summed E-state index contributed by atoms with van der Waals surface area (Å²) in [5.41, 5.74) is 1.02. The molecule has 0 aromatic heterocycles. The van der Waals surface area contributed by atoms with E-state index in [1.54, 1.807) is 0 Å². The molecule has 1 N–H and O–H groups in total. The molecule has 0 aliphatic carbocycles. The van der Waals surface area contributed by atoms with Crippen molar-refractivity contribution in [1.82, 2.24) is 5.32 Å². The highest BCUT2D eigenvalue weighted by Crippen LogP contribution is 2.28. The second-order valence-corrected chi connectivity index (χ2v) is 6.77. The summed E-state index contributed by atoms with van der Waals surface area (Å²) in [5, 5.41) is 2.83. The van der Waals surface area contributed by atoms with Crippen LogP contribution in [0.1, 0.15) is 12.0 Å². The predicted molar refractivity (Wildman–Crippen MR) is 95.1 cm³/mol. The number of hydrogen-bond donors (Lipinski definition) is 1. The number of rotatable bonds is 4. The van der Waals surface area contributed by atoms with Gasteiger partial charge < -0.3 is 10.2 Å². The highest BCUT2D eigenvalue weighted by Gasteiger charge is 2.35. The van der Waals surface area contributed by atoms with Crippen LogP contribution in [0, 0.1) is 17.6 Å². The Hall–Kier alpha value is -2.18. The number of anilines is 1. The lowest BCUT2D eigenvalue weighted by Crippen LogP contribution is -2.32. The lowest BCUT2D eigenvalue weighted by molar-refractivity contribution is -0.126. The van der Waals surface area contributed by atoms with Gasteiger partial charge in [-0.05, 0) is 35.9 Å². The topological polar surface area (TPSA) is 49.4 Å². The van der Waals surface area contributed by atoms with Gasteiger partial charge in [-0.3, -0.25) is 9.59 Å². The molecule has 136 valence electrons. The van der Waals surface area contributed by atoms with Crippen molar-refractivity contribution in [3.8, 4) is 0 Å². The summed E-state index contributed by atoms with van der Waals surface area (Å²) in [4.78, 5) is 25.9. The van der Waals surface area contributed by atoms with Crippen LogP contribution in [0.5, 0.6) is 0 Å². The van der Waals surface area contributed by atoms with Gasteiger partial charge in [0.1, 0.15) is 11.6 Å². The first kappa shape index (κ1) is 18.6. The molecule has 1 fully saturated rings. The molecule has 1 aliphatic rings. The van der Waals surface area contributed by atoms with Crippen molar-refractivity contribution >= 4 is 40.7 Å². The fourth-order valence-electron chi connectivity index (χ4n) is 2.78.